The van der Waals surface area contributed by atoms with Gasteiger partial charge in [0, 0.05) is 57.5 Å². The lowest BCUT2D eigenvalue weighted by atomic mass is 9.87. The van der Waals surface area contributed by atoms with Crippen molar-refractivity contribution in [3.05, 3.63) is 53.1 Å². The number of nitrogens with one attached hydrogen (secondary N) is 1. The van der Waals surface area contributed by atoms with Crippen molar-refractivity contribution in [2.24, 2.45) is 18.7 Å². The van der Waals surface area contributed by atoms with Gasteiger partial charge in [0.05, 0.1) is 28.1 Å². The second kappa shape index (κ2) is 14.6. The van der Waals surface area contributed by atoms with Crippen molar-refractivity contribution in [1.82, 2.24) is 24.3 Å². The molecule has 0 aliphatic carbocycles. The first-order chi connectivity index (χ1) is 23.6. The number of benzene rings is 2. The lowest BCUT2D eigenvalue weighted by Gasteiger charge is -2.34. The van der Waals surface area contributed by atoms with E-state index in [1.54, 1.807) is 16.8 Å². The molecule has 0 saturated carbocycles. The normalized spacial score (nSPS) is 19.5. The highest BCUT2D eigenvalue weighted by molar-refractivity contribution is 7.89. The molecule has 13 nitrogen and oxygen atoms in total. The fourth-order valence-corrected chi connectivity index (χ4v) is 8.92. The van der Waals surface area contributed by atoms with Gasteiger partial charge < -0.3 is 10.6 Å². The van der Waals surface area contributed by atoms with Gasteiger partial charge in [0.25, 0.3) is 0 Å². The summed E-state index contributed by atoms with van der Waals surface area (Å²) < 4.78 is 30.2. The minimum atomic E-state index is -3.70. The van der Waals surface area contributed by atoms with Gasteiger partial charge in [-0.05, 0) is 105 Å². The van der Waals surface area contributed by atoms with Crippen LogP contribution in [0.3, 0.4) is 0 Å². The highest BCUT2D eigenvalue weighted by Crippen LogP contribution is 2.34. The molecule has 0 bridgehead atoms. The summed E-state index contributed by atoms with van der Waals surface area (Å²) in [6.07, 6.45) is 4.95. The van der Waals surface area contributed by atoms with Gasteiger partial charge >= 0.3 is 6.03 Å². The summed E-state index contributed by atoms with van der Waals surface area (Å²) in [5, 5.41) is 27.1. The molecule has 3 amide bonds. The smallest absolute Gasteiger partial charge is 0.328 e. The number of hydrogen-bond acceptors (Lipinski definition) is 9. The predicted molar refractivity (Wildman–Crippen MR) is 184 cm³/mol. The Morgan fingerprint density at radius 1 is 1.02 bits per heavy atom. The number of nitrogens with zero attached hydrogens (tertiary/aromatic N) is 7. The molecule has 3 aliphatic heterocycles. The van der Waals surface area contributed by atoms with Gasteiger partial charge in [-0.3, -0.25) is 19.7 Å². The maximum atomic E-state index is 13.5. The molecule has 49 heavy (non-hydrogen) atoms. The van der Waals surface area contributed by atoms with Crippen LogP contribution in [0, 0.1) is 28.6 Å². The van der Waals surface area contributed by atoms with E-state index >= 15 is 0 Å². The molecule has 1 aromatic heterocycles. The molecule has 3 N–H and O–H groups in total. The van der Waals surface area contributed by atoms with Crippen LogP contribution < -0.4 is 16.0 Å². The fraction of sp³-hybridized carbons (Fsp3) is 0.514. The number of likely N-dealkylation sites (tertiary alicyclic amines) is 1. The van der Waals surface area contributed by atoms with Crippen molar-refractivity contribution in [3.8, 4) is 12.1 Å². The number of carbonyl (C=O) groups is 2. The van der Waals surface area contributed by atoms with Gasteiger partial charge in [0.2, 0.25) is 15.9 Å². The van der Waals surface area contributed by atoms with Crippen LogP contribution in [0.1, 0.15) is 67.6 Å². The Kier molecular flexibility index (Phi) is 10.3. The van der Waals surface area contributed by atoms with E-state index in [-0.39, 0.29) is 29.2 Å². The highest BCUT2D eigenvalue weighted by Gasteiger charge is 2.31. The monoisotopic (exact) mass is 685 g/mol. The summed E-state index contributed by atoms with van der Waals surface area (Å²) >= 11 is 0. The lowest BCUT2D eigenvalue weighted by Crippen LogP contribution is -2.49. The first-order valence-corrected chi connectivity index (χ1v) is 18.5. The van der Waals surface area contributed by atoms with Crippen molar-refractivity contribution in [1.29, 1.82) is 10.5 Å². The van der Waals surface area contributed by atoms with Crippen LogP contribution >= 0.6 is 0 Å². The number of nitriles is 2. The number of carbonyl (C=O) groups excluding carboxylic acids is 2. The van der Waals surface area contributed by atoms with Crippen LogP contribution in [0.4, 0.5) is 10.6 Å². The fourth-order valence-electron chi connectivity index (χ4n) is 7.40. The van der Waals surface area contributed by atoms with Crippen LogP contribution in [0.15, 0.2) is 41.3 Å². The van der Waals surface area contributed by atoms with Crippen molar-refractivity contribution in [2.45, 2.75) is 68.2 Å². The average Bonchev–Trinajstić information content (AvgIpc) is 3.42. The zero-order valence-electron chi connectivity index (χ0n) is 27.8. The van der Waals surface area contributed by atoms with Crippen molar-refractivity contribution in [3.63, 3.8) is 0 Å². The molecule has 1 unspecified atom stereocenters. The van der Waals surface area contributed by atoms with Crippen LogP contribution in [0.2, 0.25) is 0 Å². The summed E-state index contributed by atoms with van der Waals surface area (Å²) in [5.41, 5.74) is 9.31. The van der Waals surface area contributed by atoms with E-state index in [1.807, 2.05) is 13.1 Å². The number of hydrogen-bond donors (Lipinski definition) is 2. The molecule has 6 rings (SSSR count). The lowest BCUT2D eigenvalue weighted by molar-refractivity contribution is -0.120. The topological polar surface area (TPSA) is 181 Å². The van der Waals surface area contributed by atoms with Crippen LogP contribution in [0.5, 0.6) is 0 Å². The first-order valence-electron chi connectivity index (χ1n) is 17.0. The highest BCUT2D eigenvalue weighted by atomic mass is 32.2. The molecule has 0 radical (unpaired) electrons. The number of nitrogens with two attached hydrogens (primary N) is 1. The number of piperidine rings is 2. The number of rotatable bonds is 10. The molecule has 3 aliphatic rings. The second-order valence-electron chi connectivity index (χ2n) is 13.5. The number of aromatic nitrogens is 2. The molecule has 258 valence electrons. The van der Waals surface area contributed by atoms with Crippen LogP contribution in [-0.4, -0.2) is 84.7 Å². The number of urea groups is 1. The zero-order chi connectivity index (χ0) is 34.7. The van der Waals surface area contributed by atoms with Gasteiger partial charge in [-0.15, -0.1) is 0 Å². The van der Waals surface area contributed by atoms with E-state index in [9.17, 15) is 28.5 Å². The largest absolute Gasteiger partial charge is 0.329 e. The van der Waals surface area contributed by atoms with Crippen molar-refractivity contribution >= 4 is 38.7 Å². The van der Waals surface area contributed by atoms with E-state index in [0.717, 1.165) is 43.4 Å². The molecule has 0 spiro atoms. The molecular formula is C35H43N9O4S. The summed E-state index contributed by atoms with van der Waals surface area (Å²) in [4.78, 5) is 28.2. The van der Waals surface area contributed by atoms with E-state index < -0.39 is 16.1 Å². The minimum Gasteiger partial charge on any atom is -0.328 e. The Hall–Kier alpha value is -4.34. The van der Waals surface area contributed by atoms with Gasteiger partial charge in [0.15, 0.2) is 5.82 Å². The maximum absolute atomic E-state index is 13.5. The van der Waals surface area contributed by atoms with Crippen LogP contribution in [0.25, 0.3) is 10.9 Å². The van der Waals surface area contributed by atoms with E-state index in [4.69, 9.17) is 5.73 Å². The summed E-state index contributed by atoms with van der Waals surface area (Å²) in [6, 6.07) is 15.1. The standard InChI is InChI=1S/C35H43N9O4S/c1-41-32-21-26(5-7-31(32)34(40-41)44-18-12-33(45)39-35(44)46)25-8-14-42(15-9-25)23-24(3-2-13-36)19-28-20-30(6-4-27(28)22-37)49(47,48)43-16-10-29(38)11-17-43/h4-7,20-21,24-25,29H,2-3,8-12,14-19,23,38H2,1H3,(H,39,45,46). The summed E-state index contributed by atoms with van der Waals surface area (Å²) in [7, 11) is -1.84. The third kappa shape index (κ3) is 7.48. The van der Waals surface area contributed by atoms with Crippen molar-refractivity contribution in [2.75, 3.05) is 44.2 Å². The third-order valence-corrected chi connectivity index (χ3v) is 12.1. The van der Waals surface area contributed by atoms with Gasteiger partial charge in [-0.25, -0.2) is 13.2 Å². The number of imide groups is 1. The molecule has 14 heteroatoms. The minimum absolute atomic E-state index is 0.0112. The Bertz CT molecular complexity index is 1910. The quantitative estimate of drug-likeness (QED) is 0.323. The maximum Gasteiger partial charge on any atom is 0.329 e. The van der Waals surface area contributed by atoms with Gasteiger partial charge in [-0.1, -0.05) is 6.07 Å². The Balaban J connectivity index is 1.12. The van der Waals surface area contributed by atoms with E-state index in [2.05, 4.69) is 39.6 Å². The molecule has 3 fully saturated rings. The second-order valence-corrected chi connectivity index (χ2v) is 15.4. The van der Waals surface area contributed by atoms with Crippen LogP contribution in [-0.2, 0) is 28.3 Å². The van der Waals surface area contributed by atoms with E-state index in [1.165, 1.54) is 20.8 Å². The molecule has 4 heterocycles. The molecule has 1 atom stereocenters. The first kappa shape index (κ1) is 34.5. The SMILES string of the molecule is Cn1nc(N2CCC(=O)NC2=O)c2ccc(C3CCN(CC(CCC#N)Cc4cc(S(=O)(=O)N5CCC(N)CC5)ccc4C#N)CC3)cc21. The summed E-state index contributed by atoms with van der Waals surface area (Å²) in [6.45, 7) is 3.57. The molecule has 3 saturated heterocycles. The Labute approximate surface area is 287 Å². The van der Waals surface area contributed by atoms with Gasteiger partial charge in [0.1, 0.15) is 0 Å². The number of aryl methyl sites for hydroxylation is 1. The number of fused-ring (bicyclic) bond motifs is 1. The Morgan fingerprint density at radius 3 is 2.47 bits per heavy atom. The predicted octanol–water partition coefficient (Wildman–Crippen LogP) is 3.35. The Morgan fingerprint density at radius 2 is 1.78 bits per heavy atom. The van der Waals surface area contributed by atoms with E-state index in [0.29, 0.717) is 74.6 Å². The third-order valence-electron chi connectivity index (χ3n) is 10.2. The molecule has 3 aromatic rings. The molecular weight excluding hydrogens is 643 g/mol. The van der Waals surface area contributed by atoms with Gasteiger partial charge in [-0.2, -0.15) is 19.9 Å². The molecule has 2 aromatic carbocycles. The van der Waals surface area contributed by atoms with Crippen molar-refractivity contribution < 1.29 is 18.0 Å². The summed E-state index contributed by atoms with van der Waals surface area (Å²) in [5.74, 6) is 0.702. The number of anilines is 1. The average molecular weight is 686 g/mol. The number of sulfonamides is 1. The number of amides is 3. The zero-order valence-corrected chi connectivity index (χ0v) is 28.7.